The van der Waals surface area contributed by atoms with Crippen molar-refractivity contribution < 1.29 is 9.90 Å². The van der Waals surface area contributed by atoms with Crippen molar-refractivity contribution in [3.05, 3.63) is 70.8 Å². The van der Waals surface area contributed by atoms with Gasteiger partial charge < -0.3 is 10.4 Å². The number of aliphatic hydroxyl groups excluding tert-OH is 1. The maximum Gasteiger partial charge on any atom is 0.251 e. The zero-order valence-electron chi connectivity index (χ0n) is 12.5. The Morgan fingerprint density at radius 1 is 1.14 bits per heavy atom. The molecular formula is C18H21NO2. The Kier molecular flexibility index (Phi) is 5.12. The molecule has 0 spiro atoms. The van der Waals surface area contributed by atoms with E-state index in [1.54, 1.807) is 0 Å². The summed E-state index contributed by atoms with van der Waals surface area (Å²) >= 11 is 0. The van der Waals surface area contributed by atoms with Gasteiger partial charge in [-0.1, -0.05) is 48.0 Å². The summed E-state index contributed by atoms with van der Waals surface area (Å²) in [4.78, 5) is 12.1. The van der Waals surface area contributed by atoms with E-state index in [-0.39, 0.29) is 5.91 Å². The van der Waals surface area contributed by atoms with Gasteiger partial charge in [0.2, 0.25) is 0 Å². The molecule has 1 amide bonds. The van der Waals surface area contributed by atoms with Crippen molar-refractivity contribution in [1.82, 2.24) is 5.32 Å². The second kappa shape index (κ2) is 7.04. The summed E-state index contributed by atoms with van der Waals surface area (Å²) in [7, 11) is 0. The number of carbonyl (C=O) groups is 1. The highest BCUT2D eigenvalue weighted by Crippen LogP contribution is 2.15. The van der Waals surface area contributed by atoms with Crippen LogP contribution in [0, 0.1) is 13.8 Å². The third-order valence-electron chi connectivity index (χ3n) is 3.53. The molecule has 110 valence electrons. The van der Waals surface area contributed by atoms with Crippen LogP contribution in [0.2, 0.25) is 0 Å². The lowest BCUT2D eigenvalue weighted by Crippen LogP contribution is -2.26. The summed E-state index contributed by atoms with van der Waals surface area (Å²) in [5.41, 5.74) is 3.60. The lowest BCUT2D eigenvalue weighted by atomic mass is 10.0. The van der Waals surface area contributed by atoms with Gasteiger partial charge in [-0.2, -0.15) is 0 Å². The van der Waals surface area contributed by atoms with Crippen LogP contribution in [0.15, 0.2) is 48.5 Å². The molecule has 1 atom stereocenters. The fourth-order valence-electron chi connectivity index (χ4n) is 2.24. The average Bonchev–Trinajstić information content (AvgIpc) is 2.50. The van der Waals surface area contributed by atoms with Crippen LogP contribution in [-0.2, 0) is 0 Å². The summed E-state index contributed by atoms with van der Waals surface area (Å²) in [6, 6.07) is 15.3. The molecule has 2 aromatic rings. The Morgan fingerprint density at radius 2 is 1.86 bits per heavy atom. The summed E-state index contributed by atoms with van der Waals surface area (Å²) in [6.45, 7) is 4.34. The van der Waals surface area contributed by atoms with Crippen molar-refractivity contribution >= 4 is 5.91 Å². The van der Waals surface area contributed by atoms with Gasteiger partial charge in [0.15, 0.2) is 0 Å². The Morgan fingerprint density at radius 3 is 2.57 bits per heavy atom. The van der Waals surface area contributed by atoms with Crippen LogP contribution in [0.4, 0.5) is 0 Å². The molecule has 0 aromatic heterocycles. The summed E-state index contributed by atoms with van der Waals surface area (Å²) in [5, 5.41) is 12.9. The Labute approximate surface area is 125 Å². The normalized spacial score (nSPS) is 12.0. The maximum absolute atomic E-state index is 12.1. The van der Waals surface area contributed by atoms with E-state index in [0.29, 0.717) is 18.5 Å². The average molecular weight is 283 g/mol. The van der Waals surface area contributed by atoms with Crippen LogP contribution in [-0.4, -0.2) is 17.6 Å². The molecule has 0 saturated heterocycles. The van der Waals surface area contributed by atoms with Crippen molar-refractivity contribution in [3.63, 3.8) is 0 Å². The molecule has 0 unspecified atom stereocenters. The number of hydrogen-bond acceptors (Lipinski definition) is 2. The van der Waals surface area contributed by atoms with Crippen molar-refractivity contribution in [2.45, 2.75) is 26.4 Å². The predicted molar refractivity (Wildman–Crippen MR) is 84.3 cm³/mol. The van der Waals surface area contributed by atoms with Crippen LogP contribution >= 0.6 is 0 Å². The van der Waals surface area contributed by atoms with Gasteiger partial charge in [-0.3, -0.25) is 4.79 Å². The van der Waals surface area contributed by atoms with Gasteiger partial charge in [0.1, 0.15) is 0 Å². The predicted octanol–water partition coefficient (Wildman–Crippen LogP) is 3.16. The molecule has 2 aromatic carbocycles. The molecule has 0 aliphatic rings. The molecule has 0 bridgehead atoms. The first-order valence-electron chi connectivity index (χ1n) is 7.16. The number of benzene rings is 2. The molecule has 0 aliphatic heterocycles. The fraction of sp³-hybridized carbons (Fsp3) is 0.278. The molecule has 21 heavy (non-hydrogen) atoms. The first-order chi connectivity index (χ1) is 10.1. The van der Waals surface area contributed by atoms with Crippen LogP contribution in [0.3, 0.4) is 0 Å². The van der Waals surface area contributed by atoms with Crippen LogP contribution in [0.1, 0.15) is 39.6 Å². The maximum atomic E-state index is 12.1. The molecule has 3 nitrogen and oxygen atoms in total. The summed E-state index contributed by atoms with van der Waals surface area (Å²) < 4.78 is 0. The highest BCUT2D eigenvalue weighted by Gasteiger charge is 2.11. The SMILES string of the molecule is Cc1ccc(C)c(C(=O)NCC[C@@H](O)c2ccccc2)c1. The van der Waals surface area contributed by atoms with Crippen LogP contribution in [0.25, 0.3) is 0 Å². The zero-order valence-corrected chi connectivity index (χ0v) is 12.5. The highest BCUT2D eigenvalue weighted by atomic mass is 16.3. The minimum absolute atomic E-state index is 0.0866. The van der Waals surface area contributed by atoms with E-state index in [4.69, 9.17) is 0 Å². The van der Waals surface area contributed by atoms with E-state index < -0.39 is 6.10 Å². The van der Waals surface area contributed by atoms with Gasteiger partial charge in [0.05, 0.1) is 6.10 Å². The quantitative estimate of drug-likeness (QED) is 0.885. The van der Waals surface area contributed by atoms with Gasteiger partial charge in [-0.25, -0.2) is 0 Å². The number of rotatable bonds is 5. The van der Waals surface area contributed by atoms with Crippen LogP contribution < -0.4 is 5.32 Å². The molecule has 2 rings (SSSR count). The minimum atomic E-state index is -0.551. The Balaban J connectivity index is 1.88. The molecule has 0 saturated carbocycles. The van der Waals surface area contributed by atoms with Crippen molar-refractivity contribution in [2.24, 2.45) is 0 Å². The number of carbonyl (C=O) groups excluding carboxylic acids is 1. The van der Waals surface area contributed by atoms with E-state index in [2.05, 4.69) is 5.32 Å². The minimum Gasteiger partial charge on any atom is -0.388 e. The lowest BCUT2D eigenvalue weighted by Gasteiger charge is -2.12. The first kappa shape index (κ1) is 15.3. The fourth-order valence-corrected chi connectivity index (χ4v) is 2.24. The van der Waals surface area contributed by atoms with Gasteiger partial charge >= 0.3 is 0 Å². The van der Waals surface area contributed by atoms with Crippen molar-refractivity contribution in [3.8, 4) is 0 Å². The van der Waals surface area contributed by atoms with Crippen LogP contribution in [0.5, 0.6) is 0 Å². The molecule has 0 radical (unpaired) electrons. The third-order valence-corrected chi connectivity index (χ3v) is 3.53. The summed E-state index contributed by atoms with van der Waals surface area (Å²) in [5.74, 6) is -0.0866. The molecular weight excluding hydrogens is 262 g/mol. The molecule has 0 fully saturated rings. The van der Waals surface area contributed by atoms with E-state index in [1.165, 1.54) is 0 Å². The van der Waals surface area contributed by atoms with Gasteiger partial charge in [0, 0.05) is 12.1 Å². The van der Waals surface area contributed by atoms with Gasteiger partial charge in [0.25, 0.3) is 5.91 Å². The second-order valence-electron chi connectivity index (χ2n) is 5.29. The zero-order chi connectivity index (χ0) is 15.2. The topological polar surface area (TPSA) is 49.3 Å². The highest BCUT2D eigenvalue weighted by molar-refractivity contribution is 5.95. The molecule has 2 N–H and O–H groups in total. The number of aliphatic hydroxyl groups is 1. The third kappa shape index (κ3) is 4.17. The molecule has 0 aliphatic carbocycles. The number of amides is 1. The smallest absolute Gasteiger partial charge is 0.251 e. The number of hydrogen-bond donors (Lipinski definition) is 2. The number of nitrogens with one attached hydrogen (secondary N) is 1. The monoisotopic (exact) mass is 283 g/mol. The summed E-state index contributed by atoms with van der Waals surface area (Å²) in [6.07, 6.45) is -0.0502. The van der Waals surface area contributed by atoms with E-state index in [9.17, 15) is 9.90 Å². The molecule has 0 heterocycles. The lowest BCUT2D eigenvalue weighted by molar-refractivity contribution is 0.0942. The van der Waals surface area contributed by atoms with E-state index in [1.807, 2.05) is 62.4 Å². The van der Waals surface area contributed by atoms with Gasteiger partial charge in [-0.15, -0.1) is 0 Å². The largest absolute Gasteiger partial charge is 0.388 e. The second-order valence-corrected chi connectivity index (χ2v) is 5.29. The number of aryl methyl sites for hydroxylation is 2. The first-order valence-corrected chi connectivity index (χ1v) is 7.16. The Hall–Kier alpha value is -2.13. The van der Waals surface area contributed by atoms with E-state index in [0.717, 1.165) is 16.7 Å². The van der Waals surface area contributed by atoms with Gasteiger partial charge in [-0.05, 0) is 37.5 Å². The Bertz CT molecular complexity index is 608. The van der Waals surface area contributed by atoms with Crippen molar-refractivity contribution in [1.29, 1.82) is 0 Å². The standard InChI is InChI=1S/C18H21NO2/c1-13-8-9-14(2)16(12-13)18(21)19-11-10-17(20)15-6-4-3-5-7-15/h3-9,12,17,20H,10-11H2,1-2H3,(H,19,21)/t17-/m1/s1. The van der Waals surface area contributed by atoms with Crippen molar-refractivity contribution in [2.75, 3.05) is 6.54 Å². The van der Waals surface area contributed by atoms with E-state index >= 15 is 0 Å². The molecule has 3 heteroatoms.